The van der Waals surface area contributed by atoms with Crippen molar-refractivity contribution in [3.05, 3.63) is 11.9 Å². The molecular formula is C24H37N3O2. The van der Waals surface area contributed by atoms with E-state index in [1.54, 1.807) is 0 Å². The lowest BCUT2D eigenvalue weighted by atomic mass is 9.44. The third kappa shape index (κ3) is 2.59. The van der Waals surface area contributed by atoms with E-state index in [9.17, 15) is 10.2 Å². The zero-order chi connectivity index (χ0) is 20.0. The van der Waals surface area contributed by atoms with Crippen LogP contribution in [0.2, 0.25) is 0 Å². The highest BCUT2D eigenvalue weighted by Crippen LogP contribution is 2.68. The molecule has 0 unspecified atom stereocenters. The summed E-state index contributed by atoms with van der Waals surface area (Å²) in [5.74, 6) is 3.25. The summed E-state index contributed by atoms with van der Waals surface area (Å²) in [5.41, 5.74) is 1.46. The predicted octanol–water partition coefficient (Wildman–Crippen LogP) is 4.07. The maximum absolute atomic E-state index is 10.8. The van der Waals surface area contributed by atoms with E-state index in [4.69, 9.17) is 0 Å². The first-order chi connectivity index (χ1) is 13.9. The Labute approximate surface area is 174 Å². The van der Waals surface area contributed by atoms with E-state index in [1.165, 1.54) is 38.5 Å². The summed E-state index contributed by atoms with van der Waals surface area (Å²) in [5, 5.41) is 30.6. The van der Waals surface area contributed by atoms with Gasteiger partial charge in [-0.25, -0.2) is 4.68 Å². The Morgan fingerprint density at radius 2 is 1.79 bits per heavy atom. The molecule has 5 heteroatoms. The van der Waals surface area contributed by atoms with Gasteiger partial charge in [0, 0.05) is 12.1 Å². The molecule has 1 heterocycles. The highest BCUT2D eigenvalue weighted by molar-refractivity contribution is 5.14. The number of aromatic nitrogens is 3. The molecule has 0 saturated heterocycles. The molecule has 0 amide bonds. The molecule has 0 aromatic carbocycles. The molecule has 29 heavy (non-hydrogen) atoms. The van der Waals surface area contributed by atoms with Crippen LogP contribution in [0.1, 0.15) is 95.7 Å². The first-order valence-corrected chi connectivity index (χ1v) is 12.2. The van der Waals surface area contributed by atoms with Crippen molar-refractivity contribution < 1.29 is 10.2 Å². The number of hydrogen-bond donors (Lipinski definition) is 2. The second kappa shape index (κ2) is 6.29. The lowest BCUT2D eigenvalue weighted by molar-refractivity contribution is -0.157. The van der Waals surface area contributed by atoms with Gasteiger partial charge in [-0.3, -0.25) is 0 Å². The van der Waals surface area contributed by atoms with Crippen LogP contribution in [0, 0.1) is 34.5 Å². The molecule has 5 nitrogen and oxygen atoms in total. The molecule has 1 aromatic heterocycles. The largest absolute Gasteiger partial charge is 0.393 e. The van der Waals surface area contributed by atoms with Crippen molar-refractivity contribution in [2.45, 2.75) is 102 Å². The van der Waals surface area contributed by atoms with E-state index in [-0.39, 0.29) is 29.1 Å². The fourth-order valence-corrected chi connectivity index (χ4v) is 8.67. The Balaban J connectivity index is 1.37. The minimum atomic E-state index is -0.217. The molecule has 0 radical (unpaired) electrons. The van der Waals surface area contributed by atoms with Crippen molar-refractivity contribution in [1.29, 1.82) is 0 Å². The standard InChI is InChI=1S/C24H37N3O2/c1-23-10-9-19-17(18(23)7-8-22(23)29)6-5-15-11-16(28)12-21(24(15,19)2)27-13-20(25-26-27)14-3-4-14/h13-19,21-22,28-29H,3-12H2,1-2H3/t15-,16+,17-,18-,19-,21-,22-,23-,24-/m0/s1. The zero-order valence-corrected chi connectivity index (χ0v) is 18.0. The summed E-state index contributed by atoms with van der Waals surface area (Å²) < 4.78 is 2.16. The van der Waals surface area contributed by atoms with Gasteiger partial charge in [-0.15, -0.1) is 5.10 Å². The molecule has 2 N–H and O–H groups in total. The van der Waals surface area contributed by atoms with Crippen LogP contribution in [0.3, 0.4) is 0 Å². The number of nitrogens with zero attached hydrogens (tertiary/aromatic N) is 3. The Morgan fingerprint density at radius 3 is 2.59 bits per heavy atom. The summed E-state index contributed by atoms with van der Waals surface area (Å²) in [6.07, 6.45) is 13.2. The maximum Gasteiger partial charge on any atom is 0.0858 e. The van der Waals surface area contributed by atoms with Crippen LogP contribution in [0.15, 0.2) is 6.20 Å². The zero-order valence-electron chi connectivity index (χ0n) is 18.0. The Bertz CT molecular complexity index is 791. The second-order valence-corrected chi connectivity index (χ2v) is 11.7. The van der Waals surface area contributed by atoms with Crippen LogP contribution in [0.25, 0.3) is 0 Å². The number of fused-ring (bicyclic) bond motifs is 5. The highest BCUT2D eigenvalue weighted by atomic mass is 16.3. The fourth-order valence-electron chi connectivity index (χ4n) is 8.67. The molecule has 9 atom stereocenters. The van der Waals surface area contributed by atoms with Gasteiger partial charge in [0.05, 0.1) is 23.9 Å². The molecule has 5 fully saturated rings. The molecule has 5 aliphatic rings. The lowest BCUT2D eigenvalue weighted by Gasteiger charge is -2.62. The van der Waals surface area contributed by atoms with Gasteiger partial charge in [0.2, 0.25) is 0 Å². The summed E-state index contributed by atoms with van der Waals surface area (Å²) in [6, 6.07) is 0.250. The highest BCUT2D eigenvalue weighted by Gasteiger charge is 2.62. The summed E-state index contributed by atoms with van der Waals surface area (Å²) >= 11 is 0. The van der Waals surface area contributed by atoms with Crippen molar-refractivity contribution in [2.75, 3.05) is 0 Å². The van der Waals surface area contributed by atoms with Crippen molar-refractivity contribution in [2.24, 2.45) is 34.5 Å². The van der Waals surface area contributed by atoms with Crippen LogP contribution < -0.4 is 0 Å². The average Bonchev–Trinajstić information content (AvgIpc) is 3.35. The maximum atomic E-state index is 10.8. The van der Waals surface area contributed by atoms with Crippen molar-refractivity contribution in [3.8, 4) is 0 Å². The molecule has 0 aliphatic heterocycles. The van der Waals surface area contributed by atoms with Crippen LogP contribution >= 0.6 is 0 Å². The van der Waals surface area contributed by atoms with Gasteiger partial charge in [-0.05, 0) is 98.7 Å². The Morgan fingerprint density at radius 1 is 0.966 bits per heavy atom. The molecule has 160 valence electrons. The van der Waals surface area contributed by atoms with Gasteiger partial charge in [0.15, 0.2) is 0 Å². The minimum absolute atomic E-state index is 0.112. The Hall–Kier alpha value is -0.940. The molecule has 6 rings (SSSR count). The van der Waals surface area contributed by atoms with Gasteiger partial charge >= 0.3 is 0 Å². The number of hydrogen-bond acceptors (Lipinski definition) is 4. The molecule has 5 saturated carbocycles. The predicted molar refractivity (Wildman–Crippen MR) is 110 cm³/mol. The third-order valence-electron chi connectivity index (χ3n) is 10.5. The van der Waals surface area contributed by atoms with Gasteiger partial charge in [-0.1, -0.05) is 19.1 Å². The van der Waals surface area contributed by atoms with Crippen LogP contribution in [0.4, 0.5) is 0 Å². The van der Waals surface area contributed by atoms with E-state index < -0.39 is 0 Å². The van der Waals surface area contributed by atoms with Gasteiger partial charge in [0.25, 0.3) is 0 Å². The van der Waals surface area contributed by atoms with E-state index in [2.05, 4.69) is 35.0 Å². The summed E-state index contributed by atoms with van der Waals surface area (Å²) in [6.45, 7) is 4.89. The van der Waals surface area contributed by atoms with Gasteiger partial charge in [-0.2, -0.15) is 0 Å². The lowest BCUT2D eigenvalue weighted by Crippen LogP contribution is -2.58. The average molecular weight is 400 g/mol. The monoisotopic (exact) mass is 399 g/mol. The molecule has 1 aromatic rings. The number of aliphatic hydroxyl groups is 2. The minimum Gasteiger partial charge on any atom is -0.393 e. The van der Waals surface area contributed by atoms with Gasteiger partial charge < -0.3 is 10.2 Å². The molecule has 0 bridgehead atoms. The van der Waals surface area contributed by atoms with Crippen molar-refractivity contribution in [1.82, 2.24) is 15.0 Å². The summed E-state index contributed by atoms with van der Waals surface area (Å²) in [7, 11) is 0. The SMILES string of the molecule is C[C@]12CC[C@H]3[C@@H](CC[C@H]4C[C@@H](O)C[C@H](n5cc(C6CC6)nn5)[C@@]43C)[C@@H]1CC[C@@H]2O. The molecule has 5 aliphatic carbocycles. The summed E-state index contributed by atoms with van der Waals surface area (Å²) in [4.78, 5) is 0. The van der Waals surface area contributed by atoms with Crippen molar-refractivity contribution >= 4 is 0 Å². The molecule has 0 spiro atoms. The third-order valence-corrected chi connectivity index (χ3v) is 10.5. The first-order valence-electron chi connectivity index (χ1n) is 12.2. The van der Waals surface area contributed by atoms with Gasteiger partial charge in [0.1, 0.15) is 0 Å². The van der Waals surface area contributed by atoms with Crippen LogP contribution in [0.5, 0.6) is 0 Å². The smallest absolute Gasteiger partial charge is 0.0858 e. The quantitative estimate of drug-likeness (QED) is 0.786. The van der Waals surface area contributed by atoms with Crippen molar-refractivity contribution in [3.63, 3.8) is 0 Å². The second-order valence-electron chi connectivity index (χ2n) is 11.7. The van der Waals surface area contributed by atoms with Crippen LogP contribution in [-0.4, -0.2) is 37.4 Å². The topological polar surface area (TPSA) is 71.2 Å². The molecular weight excluding hydrogens is 362 g/mol. The van der Waals surface area contributed by atoms with E-state index in [0.29, 0.717) is 23.7 Å². The van der Waals surface area contributed by atoms with E-state index in [0.717, 1.165) is 37.3 Å². The Kier molecular flexibility index (Phi) is 4.08. The first kappa shape index (κ1) is 18.8. The normalized spacial score (nSPS) is 51.9. The van der Waals surface area contributed by atoms with E-state index in [1.807, 2.05) is 0 Å². The number of aliphatic hydroxyl groups excluding tert-OH is 2. The fraction of sp³-hybridized carbons (Fsp3) is 0.917. The van der Waals surface area contributed by atoms with Crippen LogP contribution in [-0.2, 0) is 0 Å². The van der Waals surface area contributed by atoms with E-state index >= 15 is 0 Å². The number of rotatable bonds is 2.